The van der Waals surface area contributed by atoms with Gasteiger partial charge in [0.15, 0.2) is 0 Å². The average Bonchev–Trinajstić information content (AvgIpc) is 2.77. The second-order valence-electron chi connectivity index (χ2n) is 6.01. The van der Waals surface area contributed by atoms with Crippen LogP contribution < -0.4 is 10.1 Å². The van der Waals surface area contributed by atoms with E-state index in [0.717, 1.165) is 38.2 Å². The Labute approximate surface area is 134 Å². The molecule has 0 unspecified atom stereocenters. The number of aromatic nitrogens is 1. The first-order valence-electron chi connectivity index (χ1n) is 8.61. The third kappa shape index (κ3) is 3.46. The maximum atomic E-state index is 6.01. The second-order valence-corrected chi connectivity index (χ2v) is 6.01. The van der Waals surface area contributed by atoms with Gasteiger partial charge in [-0.05, 0) is 57.0 Å². The van der Waals surface area contributed by atoms with Gasteiger partial charge in [-0.2, -0.15) is 0 Å². The number of nitrogens with one attached hydrogen (secondary N) is 1. The molecule has 0 amide bonds. The van der Waals surface area contributed by atoms with Crippen LogP contribution in [0.2, 0.25) is 0 Å². The lowest BCUT2D eigenvalue weighted by Gasteiger charge is -2.13. The summed E-state index contributed by atoms with van der Waals surface area (Å²) in [4.78, 5) is 0. The van der Waals surface area contributed by atoms with E-state index in [1.54, 1.807) is 0 Å². The Balaban J connectivity index is 2.47. The van der Waals surface area contributed by atoms with Crippen LogP contribution in [0.5, 0.6) is 5.75 Å². The first kappa shape index (κ1) is 16.9. The van der Waals surface area contributed by atoms with Crippen LogP contribution in [-0.2, 0) is 13.1 Å². The summed E-state index contributed by atoms with van der Waals surface area (Å²) in [6.07, 6.45) is 2.43. The monoisotopic (exact) mass is 302 g/mol. The summed E-state index contributed by atoms with van der Waals surface area (Å²) in [6.45, 7) is 13.9. The maximum absolute atomic E-state index is 6.01. The summed E-state index contributed by atoms with van der Waals surface area (Å²) in [5.74, 6) is 0.980. The molecule has 0 fully saturated rings. The third-order valence-corrected chi connectivity index (χ3v) is 4.34. The Morgan fingerprint density at radius 3 is 2.64 bits per heavy atom. The highest BCUT2D eigenvalue weighted by atomic mass is 16.5. The molecule has 0 aliphatic carbocycles. The number of hydrogen-bond acceptors (Lipinski definition) is 2. The fraction of sp³-hybridized carbons (Fsp3) is 0.579. The molecule has 2 rings (SSSR count). The summed E-state index contributed by atoms with van der Waals surface area (Å²) < 4.78 is 8.45. The van der Waals surface area contributed by atoms with Crippen molar-refractivity contribution in [2.24, 2.45) is 0 Å². The number of rotatable bonds is 8. The Morgan fingerprint density at radius 2 is 2.00 bits per heavy atom. The minimum absolute atomic E-state index is 0.258. The largest absolute Gasteiger partial charge is 0.491 e. The number of ether oxygens (including phenoxy) is 1. The fourth-order valence-corrected chi connectivity index (χ4v) is 2.90. The SMILES string of the molecule is CCCn1c(C)c(CNCC)c2cc(O[C@H](C)CC)ccc21. The average molecular weight is 302 g/mol. The molecule has 2 aromatic rings. The van der Waals surface area contributed by atoms with Crippen LogP contribution >= 0.6 is 0 Å². The first-order valence-corrected chi connectivity index (χ1v) is 8.61. The molecule has 0 saturated heterocycles. The van der Waals surface area contributed by atoms with E-state index >= 15 is 0 Å². The maximum Gasteiger partial charge on any atom is 0.120 e. The van der Waals surface area contributed by atoms with E-state index in [9.17, 15) is 0 Å². The number of hydrogen-bond donors (Lipinski definition) is 1. The van der Waals surface area contributed by atoms with Gasteiger partial charge < -0.3 is 14.6 Å². The van der Waals surface area contributed by atoms with Crippen LogP contribution in [0.15, 0.2) is 18.2 Å². The number of benzene rings is 1. The first-order chi connectivity index (χ1) is 10.6. The number of nitrogens with zero attached hydrogens (tertiary/aromatic N) is 1. The lowest BCUT2D eigenvalue weighted by molar-refractivity contribution is 0.217. The van der Waals surface area contributed by atoms with Crippen LogP contribution in [0.1, 0.15) is 51.8 Å². The molecule has 3 heteroatoms. The van der Waals surface area contributed by atoms with E-state index in [2.05, 4.69) is 62.7 Å². The molecule has 3 nitrogen and oxygen atoms in total. The van der Waals surface area contributed by atoms with Gasteiger partial charge in [-0.1, -0.05) is 20.8 Å². The zero-order chi connectivity index (χ0) is 16.1. The molecular formula is C19H30N2O. The van der Waals surface area contributed by atoms with Gasteiger partial charge in [-0.3, -0.25) is 0 Å². The molecule has 1 atom stereocenters. The van der Waals surface area contributed by atoms with Crippen molar-refractivity contribution in [1.82, 2.24) is 9.88 Å². The van der Waals surface area contributed by atoms with Crippen molar-refractivity contribution >= 4 is 10.9 Å². The molecule has 0 bridgehead atoms. The topological polar surface area (TPSA) is 26.2 Å². The minimum atomic E-state index is 0.258. The molecule has 0 spiro atoms. The van der Waals surface area contributed by atoms with Gasteiger partial charge >= 0.3 is 0 Å². The van der Waals surface area contributed by atoms with Crippen molar-refractivity contribution in [3.63, 3.8) is 0 Å². The molecular weight excluding hydrogens is 272 g/mol. The van der Waals surface area contributed by atoms with Gasteiger partial charge in [0.25, 0.3) is 0 Å². The highest BCUT2D eigenvalue weighted by Gasteiger charge is 2.14. The highest BCUT2D eigenvalue weighted by molar-refractivity contribution is 5.87. The Morgan fingerprint density at radius 1 is 1.23 bits per heavy atom. The van der Waals surface area contributed by atoms with Crippen molar-refractivity contribution in [1.29, 1.82) is 0 Å². The van der Waals surface area contributed by atoms with Crippen molar-refractivity contribution in [2.75, 3.05) is 6.54 Å². The summed E-state index contributed by atoms with van der Waals surface area (Å²) in [7, 11) is 0. The van der Waals surface area contributed by atoms with Crippen molar-refractivity contribution in [3.05, 3.63) is 29.5 Å². The molecule has 1 aromatic carbocycles. The van der Waals surface area contributed by atoms with E-state index in [0.29, 0.717) is 0 Å². The normalized spacial score (nSPS) is 12.8. The van der Waals surface area contributed by atoms with Gasteiger partial charge in [0.1, 0.15) is 5.75 Å². The Hall–Kier alpha value is -1.48. The van der Waals surface area contributed by atoms with Crippen LogP contribution in [0.25, 0.3) is 10.9 Å². The molecule has 0 aliphatic heterocycles. The zero-order valence-electron chi connectivity index (χ0n) is 14.7. The van der Waals surface area contributed by atoms with Crippen molar-refractivity contribution in [3.8, 4) is 5.75 Å². The molecule has 1 heterocycles. The van der Waals surface area contributed by atoms with E-state index in [-0.39, 0.29) is 6.10 Å². The summed E-state index contributed by atoms with van der Waals surface area (Å²) in [5, 5.41) is 4.80. The molecule has 22 heavy (non-hydrogen) atoms. The quantitative estimate of drug-likeness (QED) is 0.768. The van der Waals surface area contributed by atoms with Gasteiger partial charge in [-0.15, -0.1) is 0 Å². The predicted octanol–water partition coefficient (Wildman–Crippen LogP) is 4.65. The molecule has 0 saturated carbocycles. The fourth-order valence-electron chi connectivity index (χ4n) is 2.90. The van der Waals surface area contributed by atoms with Crippen LogP contribution in [0.3, 0.4) is 0 Å². The molecule has 0 radical (unpaired) electrons. The van der Waals surface area contributed by atoms with E-state index < -0.39 is 0 Å². The summed E-state index contributed by atoms with van der Waals surface area (Å²) in [6, 6.07) is 6.54. The Kier molecular flexibility index (Phi) is 5.90. The predicted molar refractivity (Wildman–Crippen MR) is 94.7 cm³/mol. The standard InChI is InChI=1S/C19H30N2O/c1-6-11-21-15(5)18(13-20-8-3)17-12-16(9-10-19(17)21)22-14(4)7-2/h9-10,12,14,20H,6-8,11,13H2,1-5H3/t14-/m1/s1. The second kappa shape index (κ2) is 7.68. The van der Waals surface area contributed by atoms with Crippen molar-refractivity contribution in [2.45, 2.75) is 66.7 Å². The summed E-state index contributed by atoms with van der Waals surface area (Å²) >= 11 is 0. The molecule has 122 valence electrons. The summed E-state index contributed by atoms with van der Waals surface area (Å²) in [5.41, 5.74) is 4.10. The van der Waals surface area contributed by atoms with Gasteiger partial charge in [-0.25, -0.2) is 0 Å². The van der Waals surface area contributed by atoms with Crippen molar-refractivity contribution < 1.29 is 4.74 Å². The third-order valence-electron chi connectivity index (χ3n) is 4.34. The van der Waals surface area contributed by atoms with Crippen LogP contribution in [0.4, 0.5) is 0 Å². The Bertz CT molecular complexity index is 615. The van der Waals surface area contributed by atoms with E-state index in [4.69, 9.17) is 4.74 Å². The van der Waals surface area contributed by atoms with Gasteiger partial charge in [0, 0.05) is 29.7 Å². The lowest BCUT2D eigenvalue weighted by atomic mass is 10.1. The highest BCUT2D eigenvalue weighted by Crippen LogP contribution is 2.30. The lowest BCUT2D eigenvalue weighted by Crippen LogP contribution is -2.13. The number of aryl methyl sites for hydroxylation is 1. The van der Waals surface area contributed by atoms with Gasteiger partial charge in [0.05, 0.1) is 6.10 Å². The number of fused-ring (bicyclic) bond motifs is 1. The molecule has 0 aliphatic rings. The van der Waals surface area contributed by atoms with E-state index in [1.807, 2.05) is 0 Å². The smallest absolute Gasteiger partial charge is 0.120 e. The van der Waals surface area contributed by atoms with Gasteiger partial charge in [0.2, 0.25) is 0 Å². The molecule has 1 N–H and O–H groups in total. The van der Waals surface area contributed by atoms with Crippen LogP contribution in [0, 0.1) is 6.92 Å². The van der Waals surface area contributed by atoms with Crippen LogP contribution in [-0.4, -0.2) is 17.2 Å². The van der Waals surface area contributed by atoms with E-state index in [1.165, 1.54) is 22.2 Å². The molecule has 1 aromatic heterocycles. The zero-order valence-corrected chi connectivity index (χ0v) is 14.7. The minimum Gasteiger partial charge on any atom is -0.491 e.